The number of nitro benzene ring substituents is 1. The number of aryl methyl sites for hydroxylation is 1. The highest BCUT2D eigenvalue weighted by molar-refractivity contribution is 7.16. The zero-order chi connectivity index (χ0) is 16.4. The maximum Gasteiger partial charge on any atom is 0.279 e. The molecule has 0 aliphatic rings. The van der Waals surface area contributed by atoms with Crippen LogP contribution in [0.2, 0.25) is 0 Å². The van der Waals surface area contributed by atoms with Gasteiger partial charge >= 0.3 is 0 Å². The maximum atomic E-state index is 12.3. The number of benzene rings is 2. The minimum atomic E-state index is -0.525. The molecule has 0 aliphatic carbocycles. The van der Waals surface area contributed by atoms with E-state index in [0.717, 1.165) is 10.2 Å². The highest BCUT2D eigenvalue weighted by atomic mass is 32.1. The normalized spacial score (nSPS) is 11.8. The lowest BCUT2D eigenvalue weighted by molar-refractivity contribution is -0.384. The molecular formula is C16H13N3O3S. The first-order valence-electron chi connectivity index (χ1n) is 7.02. The number of hydrogen-bond donors (Lipinski definition) is 0. The van der Waals surface area contributed by atoms with Gasteiger partial charge in [-0.3, -0.25) is 14.9 Å². The highest BCUT2D eigenvalue weighted by Crippen LogP contribution is 2.17. The second-order valence-corrected chi connectivity index (χ2v) is 5.83. The number of carbonyl (C=O) groups excluding carboxylic acids is 1. The number of nitro groups is 1. The van der Waals surface area contributed by atoms with E-state index in [0.29, 0.717) is 11.3 Å². The first-order chi connectivity index (χ1) is 11.1. The van der Waals surface area contributed by atoms with Crippen molar-refractivity contribution in [3.05, 3.63) is 69.0 Å². The van der Waals surface area contributed by atoms with Gasteiger partial charge in [-0.25, -0.2) is 0 Å². The van der Waals surface area contributed by atoms with Gasteiger partial charge in [0.2, 0.25) is 0 Å². The molecule has 2 aromatic carbocycles. The Balaban J connectivity index is 2.09. The minimum Gasteiger partial charge on any atom is -0.317 e. The molecule has 1 amide bonds. The van der Waals surface area contributed by atoms with Crippen LogP contribution in [-0.2, 0) is 6.54 Å². The smallest absolute Gasteiger partial charge is 0.279 e. The van der Waals surface area contributed by atoms with Crippen molar-refractivity contribution in [1.29, 1.82) is 0 Å². The van der Waals surface area contributed by atoms with Crippen LogP contribution in [-0.4, -0.2) is 15.4 Å². The van der Waals surface area contributed by atoms with Crippen molar-refractivity contribution in [1.82, 2.24) is 4.57 Å². The van der Waals surface area contributed by atoms with Crippen LogP contribution in [0, 0.1) is 10.1 Å². The largest absolute Gasteiger partial charge is 0.317 e. The molecule has 0 unspecified atom stereocenters. The number of fused-ring (bicyclic) bond motifs is 1. The van der Waals surface area contributed by atoms with Gasteiger partial charge in [0.15, 0.2) is 4.80 Å². The van der Waals surface area contributed by atoms with E-state index in [1.54, 1.807) is 0 Å². The molecule has 6 nitrogen and oxygen atoms in total. The molecule has 0 spiro atoms. The Morgan fingerprint density at radius 2 is 2.04 bits per heavy atom. The number of carbonyl (C=O) groups is 1. The number of para-hydroxylation sites is 1. The molecule has 116 valence electrons. The SMILES string of the molecule is CCn1c(=NC(=O)c2cccc([N+](=O)[O-])c2)sc2ccccc21. The fraction of sp³-hybridized carbons (Fsp3) is 0.125. The first-order valence-corrected chi connectivity index (χ1v) is 7.83. The van der Waals surface area contributed by atoms with Gasteiger partial charge in [0.1, 0.15) is 0 Å². The minimum absolute atomic E-state index is 0.120. The van der Waals surface area contributed by atoms with Crippen molar-refractivity contribution in [2.75, 3.05) is 0 Å². The molecule has 0 N–H and O–H groups in total. The van der Waals surface area contributed by atoms with Crippen molar-refractivity contribution in [3.63, 3.8) is 0 Å². The second kappa shape index (κ2) is 6.13. The van der Waals surface area contributed by atoms with Crippen LogP contribution >= 0.6 is 11.3 Å². The Kier molecular flexibility index (Phi) is 4.03. The Labute approximate surface area is 135 Å². The van der Waals surface area contributed by atoms with Crippen LogP contribution in [0.5, 0.6) is 0 Å². The fourth-order valence-corrected chi connectivity index (χ4v) is 3.41. The molecule has 0 saturated carbocycles. The van der Waals surface area contributed by atoms with Crippen LogP contribution in [0.1, 0.15) is 17.3 Å². The number of thiazole rings is 1. The lowest BCUT2D eigenvalue weighted by Crippen LogP contribution is -2.15. The molecule has 3 rings (SSSR count). The molecule has 0 radical (unpaired) electrons. The van der Waals surface area contributed by atoms with Crippen molar-refractivity contribution >= 4 is 33.1 Å². The molecule has 3 aromatic rings. The van der Waals surface area contributed by atoms with Crippen LogP contribution in [0.4, 0.5) is 5.69 Å². The summed E-state index contributed by atoms with van der Waals surface area (Å²) in [5.74, 6) is -0.484. The van der Waals surface area contributed by atoms with Gasteiger partial charge < -0.3 is 4.57 Å². The van der Waals surface area contributed by atoms with E-state index < -0.39 is 10.8 Å². The molecular weight excluding hydrogens is 314 g/mol. The lowest BCUT2D eigenvalue weighted by Gasteiger charge is -1.99. The molecule has 1 heterocycles. The molecule has 1 aromatic heterocycles. The summed E-state index contributed by atoms with van der Waals surface area (Å²) in [5.41, 5.74) is 1.11. The molecule has 0 bridgehead atoms. The third kappa shape index (κ3) is 2.91. The quantitative estimate of drug-likeness (QED) is 0.546. The molecule has 0 atom stereocenters. The molecule has 0 fully saturated rings. The van der Waals surface area contributed by atoms with Crippen LogP contribution in [0.15, 0.2) is 53.5 Å². The molecule has 23 heavy (non-hydrogen) atoms. The summed E-state index contributed by atoms with van der Waals surface area (Å²) in [5, 5.41) is 10.8. The molecule has 0 saturated heterocycles. The Morgan fingerprint density at radius 3 is 2.78 bits per heavy atom. The standard InChI is InChI=1S/C16H13N3O3S/c1-2-18-13-8-3-4-9-14(13)23-16(18)17-15(20)11-6-5-7-12(10-11)19(21)22/h3-10H,2H2,1H3. The van der Waals surface area contributed by atoms with E-state index in [2.05, 4.69) is 4.99 Å². The predicted molar refractivity (Wildman–Crippen MR) is 88.5 cm³/mol. The van der Waals surface area contributed by atoms with Gasteiger partial charge in [0.25, 0.3) is 11.6 Å². The van der Waals surface area contributed by atoms with Gasteiger partial charge in [0, 0.05) is 24.2 Å². The third-order valence-electron chi connectivity index (χ3n) is 3.41. The average Bonchev–Trinajstić information content (AvgIpc) is 2.91. The number of hydrogen-bond acceptors (Lipinski definition) is 4. The van der Waals surface area contributed by atoms with Gasteiger partial charge in [-0.15, -0.1) is 0 Å². The number of rotatable bonds is 3. The topological polar surface area (TPSA) is 77.5 Å². The van der Waals surface area contributed by atoms with Crippen LogP contribution in [0.3, 0.4) is 0 Å². The number of non-ortho nitro benzene ring substituents is 1. The summed E-state index contributed by atoms with van der Waals surface area (Å²) < 4.78 is 3.00. The summed E-state index contributed by atoms with van der Waals surface area (Å²) in [7, 11) is 0. The Hall–Kier alpha value is -2.80. The summed E-state index contributed by atoms with van der Waals surface area (Å²) >= 11 is 1.42. The lowest BCUT2D eigenvalue weighted by atomic mass is 10.2. The van der Waals surface area contributed by atoms with E-state index in [9.17, 15) is 14.9 Å². The van der Waals surface area contributed by atoms with Crippen molar-refractivity contribution in [3.8, 4) is 0 Å². The van der Waals surface area contributed by atoms with Crippen molar-refractivity contribution < 1.29 is 9.72 Å². The first kappa shape index (κ1) is 15.1. The average molecular weight is 327 g/mol. The van der Waals surface area contributed by atoms with Crippen LogP contribution in [0.25, 0.3) is 10.2 Å². The Morgan fingerprint density at radius 1 is 1.26 bits per heavy atom. The van der Waals surface area contributed by atoms with E-state index in [1.165, 1.54) is 35.6 Å². The number of amides is 1. The Bertz CT molecular complexity index is 972. The monoisotopic (exact) mass is 327 g/mol. The highest BCUT2D eigenvalue weighted by Gasteiger charge is 2.12. The summed E-state index contributed by atoms with van der Waals surface area (Å²) in [4.78, 5) is 27.4. The van der Waals surface area contributed by atoms with E-state index in [1.807, 2.05) is 35.8 Å². The fourth-order valence-electron chi connectivity index (χ4n) is 2.32. The van der Waals surface area contributed by atoms with Gasteiger partial charge in [-0.05, 0) is 25.1 Å². The summed E-state index contributed by atoms with van der Waals surface area (Å²) in [6.45, 7) is 2.67. The number of nitrogens with zero attached hydrogens (tertiary/aromatic N) is 3. The second-order valence-electron chi connectivity index (χ2n) is 4.82. The van der Waals surface area contributed by atoms with Crippen molar-refractivity contribution in [2.24, 2.45) is 4.99 Å². The van der Waals surface area contributed by atoms with E-state index in [4.69, 9.17) is 0 Å². The molecule has 7 heteroatoms. The summed E-state index contributed by atoms with van der Waals surface area (Å²) in [6.07, 6.45) is 0. The number of aromatic nitrogens is 1. The van der Waals surface area contributed by atoms with E-state index >= 15 is 0 Å². The zero-order valence-electron chi connectivity index (χ0n) is 12.3. The van der Waals surface area contributed by atoms with Gasteiger partial charge in [-0.1, -0.05) is 29.5 Å². The van der Waals surface area contributed by atoms with Gasteiger partial charge in [0.05, 0.1) is 15.1 Å². The summed E-state index contributed by atoms with van der Waals surface area (Å²) in [6, 6.07) is 13.4. The predicted octanol–water partition coefficient (Wildman–Crippen LogP) is 3.37. The zero-order valence-corrected chi connectivity index (χ0v) is 13.1. The maximum absolute atomic E-state index is 12.3. The van der Waals surface area contributed by atoms with Crippen molar-refractivity contribution in [2.45, 2.75) is 13.5 Å². The van der Waals surface area contributed by atoms with E-state index in [-0.39, 0.29) is 11.3 Å². The van der Waals surface area contributed by atoms with Gasteiger partial charge in [-0.2, -0.15) is 4.99 Å². The van der Waals surface area contributed by atoms with Crippen LogP contribution < -0.4 is 4.80 Å². The molecule has 0 aliphatic heterocycles. The third-order valence-corrected chi connectivity index (χ3v) is 4.46.